The van der Waals surface area contributed by atoms with Gasteiger partial charge in [0.2, 0.25) is 0 Å². The molecule has 0 aliphatic heterocycles. The van der Waals surface area contributed by atoms with Crippen molar-refractivity contribution in [2.24, 2.45) is 0 Å². The van der Waals surface area contributed by atoms with Gasteiger partial charge in [0.1, 0.15) is 5.82 Å². The molecule has 2 aromatic carbocycles. The van der Waals surface area contributed by atoms with E-state index >= 15 is 0 Å². The van der Waals surface area contributed by atoms with Crippen molar-refractivity contribution in [3.63, 3.8) is 0 Å². The van der Waals surface area contributed by atoms with Gasteiger partial charge in [0.05, 0.1) is 5.69 Å². The zero-order chi connectivity index (χ0) is 13.1. The minimum Gasteiger partial charge on any atom is -0.379 e. The Morgan fingerprint density at radius 2 is 1.89 bits per heavy atom. The van der Waals surface area contributed by atoms with Gasteiger partial charge in [0, 0.05) is 11.0 Å². The van der Waals surface area contributed by atoms with E-state index in [0.717, 1.165) is 4.47 Å². The van der Waals surface area contributed by atoms with Crippen LogP contribution in [-0.4, -0.2) is 0 Å². The van der Waals surface area contributed by atoms with E-state index in [2.05, 4.69) is 53.3 Å². The SMILES string of the molecule is Cc1ccc(CNc2ccc(Br)cc2F)c(C)c1. The minimum atomic E-state index is -0.242. The van der Waals surface area contributed by atoms with Gasteiger partial charge in [-0.25, -0.2) is 4.39 Å². The maximum Gasteiger partial charge on any atom is 0.147 e. The van der Waals surface area contributed by atoms with E-state index in [1.807, 2.05) is 6.07 Å². The largest absolute Gasteiger partial charge is 0.379 e. The van der Waals surface area contributed by atoms with Crippen LogP contribution >= 0.6 is 15.9 Å². The van der Waals surface area contributed by atoms with Crippen LogP contribution in [0.4, 0.5) is 10.1 Å². The Morgan fingerprint density at radius 1 is 1.11 bits per heavy atom. The highest BCUT2D eigenvalue weighted by Crippen LogP contribution is 2.20. The fourth-order valence-electron chi connectivity index (χ4n) is 1.87. The van der Waals surface area contributed by atoms with Crippen molar-refractivity contribution in [1.29, 1.82) is 0 Å². The van der Waals surface area contributed by atoms with Crippen molar-refractivity contribution in [2.45, 2.75) is 20.4 Å². The molecule has 0 bridgehead atoms. The molecular weight excluding hydrogens is 293 g/mol. The van der Waals surface area contributed by atoms with Crippen molar-refractivity contribution in [3.05, 3.63) is 63.4 Å². The summed E-state index contributed by atoms with van der Waals surface area (Å²) in [6.45, 7) is 4.77. The first-order valence-electron chi connectivity index (χ1n) is 5.81. The van der Waals surface area contributed by atoms with Gasteiger partial charge in [0.25, 0.3) is 0 Å². The number of rotatable bonds is 3. The van der Waals surface area contributed by atoms with Gasteiger partial charge in [-0.2, -0.15) is 0 Å². The molecule has 1 nitrogen and oxygen atoms in total. The van der Waals surface area contributed by atoms with Crippen LogP contribution in [0.15, 0.2) is 40.9 Å². The van der Waals surface area contributed by atoms with E-state index in [-0.39, 0.29) is 5.82 Å². The fourth-order valence-corrected chi connectivity index (χ4v) is 2.20. The summed E-state index contributed by atoms with van der Waals surface area (Å²) in [4.78, 5) is 0. The minimum absolute atomic E-state index is 0.242. The second kappa shape index (κ2) is 5.53. The van der Waals surface area contributed by atoms with Crippen molar-refractivity contribution < 1.29 is 4.39 Å². The molecule has 18 heavy (non-hydrogen) atoms. The molecule has 0 fully saturated rings. The summed E-state index contributed by atoms with van der Waals surface area (Å²) >= 11 is 3.24. The van der Waals surface area contributed by atoms with E-state index in [4.69, 9.17) is 0 Å². The van der Waals surface area contributed by atoms with Crippen LogP contribution in [0.25, 0.3) is 0 Å². The molecule has 0 radical (unpaired) electrons. The molecule has 0 amide bonds. The van der Waals surface area contributed by atoms with Crippen molar-refractivity contribution in [3.8, 4) is 0 Å². The number of nitrogens with one attached hydrogen (secondary N) is 1. The first-order chi connectivity index (χ1) is 8.56. The Labute approximate surface area is 115 Å². The van der Waals surface area contributed by atoms with Crippen LogP contribution in [0, 0.1) is 19.7 Å². The molecule has 0 saturated carbocycles. The number of anilines is 1. The molecule has 0 heterocycles. The second-order valence-corrected chi connectivity index (χ2v) is 5.32. The summed E-state index contributed by atoms with van der Waals surface area (Å²) in [5.41, 5.74) is 4.17. The monoisotopic (exact) mass is 307 g/mol. The Hall–Kier alpha value is -1.35. The van der Waals surface area contributed by atoms with E-state index < -0.39 is 0 Å². The van der Waals surface area contributed by atoms with Crippen LogP contribution in [-0.2, 0) is 6.54 Å². The second-order valence-electron chi connectivity index (χ2n) is 4.41. The number of halogens is 2. The highest BCUT2D eigenvalue weighted by molar-refractivity contribution is 9.10. The number of aryl methyl sites for hydroxylation is 2. The van der Waals surface area contributed by atoms with Crippen LogP contribution in [0.2, 0.25) is 0 Å². The first kappa shape index (κ1) is 13.1. The summed E-state index contributed by atoms with van der Waals surface area (Å²) < 4.78 is 14.4. The molecule has 0 unspecified atom stereocenters. The standard InChI is InChI=1S/C15H15BrFN/c1-10-3-4-12(11(2)7-10)9-18-15-6-5-13(16)8-14(15)17/h3-8,18H,9H2,1-2H3. The molecule has 0 atom stereocenters. The fraction of sp³-hybridized carbons (Fsp3) is 0.200. The van der Waals surface area contributed by atoms with Crippen LogP contribution in [0.1, 0.15) is 16.7 Å². The lowest BCUT2D eigenvalue weighted by atomic mass is 10.1. The van der Waals surface area contributed by atoms with Gasteiger partial charge in [-0.15, -0.1) is 0 Å². The smallest absolute Gasteiger partial charge is 0.147 e. The Balaban J connectivity index is 2.11. The number of hydrogen-bond donors (Lipinski definition) is 1. The van der Waals surface area contributed by atoms with Crippen molar-refractivity contribution >= 4 is 21.6 Å². The molecule has 1 N–H and O–H groups in total. The number of hydrogen-bond acceptors (Lipinski definition) is 1. The average molecular weight is 308 g/mol. The van der Waals surface area contributed by atoms with Crippen LogP contribution in [0.5, 0.6) is 0 Å². The van der Waals surface area contributed by atoms with Gasteiger partial charge in [-0.05, 0) is 43.2 Å². The third-order valence-electron chi connectivity index (χ3n) is 2.90. The first-order valence-corrected chi connectivity index (χ1v) is 6.60. The number of benzene rings is 2. The highest BCUT2D eigenvalue weighted by Gasteiger charge is 2.03. The molecule has 2 rings (SSSR count). The third-order valence-corrected chi connectivity index (χ3v) is 3.39. The third kappa shape index (κ3) is 3.10. The summed E-state index contributed by atoms with van der Waals surface area (Å²) in [7, 11) is 0. The van der Waals surface area contributed by atoms with Crippen LogP contribution in [0.3, 0.4) is 0 Å². The molecule has 0 spiro atoms. The summed E-state index contributed by atoms with van der Waals surface area (Å²) in [5.74, 6) is -0.242. The van der Waals surface area contributed by atoms with E-state index in [0.29, 0.717) is 12.2 Å². The summed E-state index contributed by atoms with van der Waals surface area (Å²) in [5, 5.41) is 3.12. The Kier molecular flexibility index (Phi) is 4.02. The van der Waals surface area contributed by atoms with E-state index in [1.54, 1.807) is 6.07 Å². The van der Waals surface area contributed by atoms with E-state index in [9.17, 15) is 4.39 Å². The molecule has 0 saturated heterocycles. The Bertz CT molecular complexity index is 515. The zero-order valence-electron chi connectivity index (χ0n) is 10.4. The van der Waals surface area contributed by atoms with Gasteiger partial charge in [-0.1, -0.05) is 39.7 Å². The normalized spacial score (nSPS) is 10.4. The highest BCUT2D eigenvalue weighted by atomic mass is 79.9. The molecule has 3 heteroatoms. The molecule has 94 valence electrons. The van der Waals surface area contributed by atoms with Gasteiger partial charge in [-0.3, -0.25) is 0 Å². The predicted molar refractivity (Wildman–Crippen MR) is 77.3 cm³/mol. The molecule has 0 aromatic heterocycles. The maximum atomic E-state index is 13.6. The molecule has 2 aromatic rings. The van der Waals surface area contributed by atoms with Crippen molar-refractivity contribution in [2.75, 3.05) is 5.32 Å². The van der Waals surface area contributed by atoms with Crippen molar-refractivity contribution in [1.82, 2.24) is 0 Å². The molecule has 0 aliphatic carbocycles. The van der Waals surface area contributed by atoms with Gasteiger partial charge >= 0.3 is 0 Å². The maximum absolute atomic E-state index is 13.6. The van der Waals surface area contributed by atoms with Gasteiger partial charge < -0.3 is 5.32 Å². The summed E-state index contributed by atoms with van der Waals surface area (Å²) in [6, 6.07) is 11.3. The predicted octanol–water partition coefficient (Wildman–Crippen LogP) is 4.82. The lowest BCUT2D eigenvalue weighted by Crippen LogP contribution is -2.03. The quantitative estimate of drug-likeness (QED) is 0.857. The van der Waals surface area contributed by atoms with Crippen LogP contribution < -0.4 is 5.32 Å². The summed E-state index contributed by atoms with van der Waals surface area (Å²) in [6.07, 6.45) is 0. The lowest BCUT2D eigenvalue weighted by molar-refractivity contribution is 0.629. The van der Waals surface area contributed by atoms with Gasteiger partial charge in [0.15, 0.2) is 0 Å². The lowest BCUT2D eigenvalue weighted by Gasteiger charge is -2.10. The van der Waals surface area contributed by atoms with E-state index in [1.165, 1.54) is 22.8 Å². The Morgan fingerprint density at radius 3 is 2.56 bits per heavy atom. The average Bonchev–Trinajstić information content (AvgIpc) is 2.30. The zero-order valence-corrected chi connectivity index (χ0v) is 12.0. The molecular formula is C15H15BrFN. The topological polar surface area (TPSA) is 12.0 Å². The molecule has 0 aliphatic rings.